The molecule has 0 radical (unpaired) electrons. The molecule has 0 unspecified atom stereocenters. The third-order valence-electron chi connectivity index (χ3n) is 4.25. The van der Waals surface area contributed by atoms with E-state index in [9.17, 15) is 9.90 Å². The Labute approximate surface area is 145 Å². The maximum atomic E-state index is 11.9. The zero-order valence-corrected chi connectivity index (χ0v) is 14.8. The average molecular weight is 334 g/mol. The van der Waals surface area contributed by atoms with Crippen molar-refractivity contribution in [3.63, 3.8) is 0 Å². The van der Waals surface area contributed by atoms with Gasteiger partial charge in [0.15, 0.2) is 0 Å². The maximum Gasteiger partial charge on any atom is 0.221 e. The Morgan fingerprint density at radius 1 is 1.46 bits per heavy atom. The molecule has 2 rings (SSSR count). The van der Waals surface area contributed by atoms with Crippen LogP contribution in [0.4, 0.5) is 0 Å². The first-order valence-corrected chi connectivity index (χ1v) is 9.00. The van der Waals surface area contributed by atoms with Gasteiger partial charge in [-0.2, -0.15) is 0 Å². The minimum atomic E-state index is -0.508. The first kappa shape index (κ1) is 18.7. The van der Waals surface area contributed by atoms with Crippen molar-refractivity contribution in [1.29, 1.82) is 0 Å². The molecule has 5 heteroatoms. The highest BCUT2D eigenvalue weighted by atomic mass is 16.5. The molecule has 0 saturated heterocycles. The first-order valence-electron chi connectivity index (χ1n) is 9.00. The Kier molecular flexibility index (Phi) is 7.53. The topological polar surface area (TPSA) is 61.8 Å². The van der Waals surface area contributed by atoms with E-state index in [1.54, 1.807) is 6.92 Å². The van der Waals surface area contributed by atoms with Gasteiger partial charge in [0.2, 0.25) is 5.91 Å². The van der Waals surface area contributed by atoms with Crippen molar-refractivity contribution in [2.45, 2.75) is 58.3 Å². The summed E-state index contributed by atoms with van der Waals surface area (Å²) in [4.78, 5) is 14.2. The summed E-state index contributed by atoms with van der Waals surface area (Å²) in [5.74, 6) is 0.958. The molecule has 2 atom stereocenters. The van der Waals surface area contributed by atoms with Crippen molar-refractivity contribution in [2.24, 2.45) is 0 Å². The molecule has 0 spiro atoms. The van der Waals surface area contributed by atoms with Crippen LogP contribution in [0.15, 0.2) is 24.3 Å². The first-order chi connectivity index (χ1) is 11.6. The number of carbonyl (C=O) groups excluding carboxylic acids is 1. The normalized spacial score (nSPS) is 19.0. The van der Waals surface area contributed by atoms with Crippen LogP contribution in [0.2, 0.25) is 0 Å². The second-order valence-corrected chi connectivity index (χ2v) is 6.63. The SMILES string of the molecule is CCCC[C@H]1CN(CCC(=O)NC[C@@H](C)O)Cc2ccccc2O1. The summed E-state index contributed by atoms with van der Waals surface area (Å²) in [6.45, 7) is 6.52. The number of aliphatic hydroxyl groups excluding tert-OH is 1. The van der Waals surface area contributed by atoms with Gasteiger partial charge in [-0.15, -0.1) is 0 Å². The van der Waals surface area contributed by atoms with Crippen molar-refractivity contribution in [1.82, 2.24) is 10.2 Å². The smallest absolute Gasteiger partial charge is 0.221 e. The van der Waals surface area contributed by atoms with Gasteiger partial charge >= 0.3 is 0 Å². The van der Waals surface area contributed by atoms with Crippen molar-refractivity contribution in [3.05, 3.63) is 29.8 Å². The van der Waals surface area contributed by atoms with E-state index in [2.05, 4.69) is 23.2 Å². The Morgan fingerprint density at radius 3 is 3.00 bits per heavy atom. The summed E-state index contributed by atoms with van der Waals surface area (Å²) in [5, 5.41) is 12.0. The summed E-state index contributed by atoms with van der Waals surface area (Å²) in [6, 6.07) is 8.17. The van der Waals surface area contributed by atoms with E-state index < -0.39 is 6.10 Å². The van der Waals surface area contributed by atoms with E-state index in [0.717, 1.165) is 38.1 Å². The minimum absolute atomic E-state index is 0.0144. The monoisotopic (exact) mass is 334 g/mol. The molecule has 5 nitrogen and oxygen atoms in total. The van der Waals surface area contributed by atoms with Crippen LogP contribution in [0.25, 0.3) is 0 Å². The molecule has 1 aliphatic heterocycles. The highest BCUT2D eigenvalue weighted by Gasteiger charge is 2.22. The number of benzene rings is 1. The van der Waals surface area contributed by atoms with Crippen LogP contribution >= 0.6 is 0 Å². The minimum Gasteiger partial charge on any atom is -0.489 e. The van der Waals surface area contributed by atoms with Gasteiger partial charge in [0.05, 0.1) is 6.10 Å². The van der Waals surface area contributed by atoms with Crippen LogP contribution in [-0.2, 0) is 11.3 Å². The second kappa shape index (κ2) is 9.64. The number of hydrogen-bond donors (Lipinski definition) is 2. The fraction of sp³-hybridized carbons (Fsp3) is 0.632. The number of unbranched alkanes of at least 4 members (excludes halogenated alkanes) is 1. The molecule has 0 aromatic heterocycles. The van der Waals surface area contributed by atoms with E-state index >= 15 is 0 Å². The number of rotatable bonds is 8. The summed E-state index contributed by atoms with van der Waals surface area (Å²) < 4.78 is 6.20. The molecule has 0 saturated carbocycles. The van der Waals surface area contributed by atoms with Gasteiger partial charge in [0.1, 0.15) is 11.9 Å². The molecular formula is C19H30N2O3. The molecule has 1 heterocycles. The fourth-order valence-corrected chi connectivity index (χ4v) is 2.92. The number of nitrogens with one attached hydrogen (secondary N) is 1. The molecule has 0 aliphatic carbocycles. The van der Waals surface area contributed by atoms with Crippen molar-refractivity contribution < 1.29 is 14.6 Å². The quantitative estimate of drug-likeness (QED) is 0.766. The number of carbonyl (C=O) groups is 1. The number of nitrogens with zero attached hydrogens (tertiary/aromatic N) is 1. The Balaban J connectivity index is 1.94. The van der Waals surface area contributed by atoms with E-state index in [-0.39, 0.29) is 12.0 Å². The van der Waals surface area contributed by atoms with Gasteiger partial charge in [-0.25, -0.2) is 0 Å². The van der Waals surface area contributed by atoms with Crippen molar-refractivity contribution in [2.75, 3.05) is 19.6 Å². The van der Waals surface area contributed by atoms with E-state index in [1.165, 1.54) is 5.56 Å². The molecule has 1 aliphatic rings. The van der Waals surface area contributed by atoms with Crippen molar-refractivity contribution in [3.8, 4) is 5.75 Å². The molecule has 1 aromatic rings. The van der Waals surface area contributed by atoms with Gasteiger partial charge in [-0.05, 0) is 25.8 Å². The lowest BCUT2D eigenvalue weighted by Crippen LogP contribution is -2.37. The molecule has 0 fully saturated rings. The number of fused-ring (bicyclic) bond motifs is 1. The molecule has 1 aromatic carbocycles. The summed E-state index contributed by atoms with van der Waals surface area (Å²) in [5.41, 5.74) is 1.18. The summed E-state index contributed by atoms with van der Waals surface area (Å²) in [6.07, 6.45) is 3.45. The standard InChI is InChI=1S/C19H30N2O3/c1-3-4-8-17-14-21(11-10-19(23)20-12-15(2)22)13-16-7-5-6-9-18(16)24-17/h5-7,9,15,17,22H,3-4,8,10-14H2,1-2H3,(H,20,23)/t15-,17+/m1/s1. The average Bonchev–Trinajstić information content (AvgIpc) is 2.74. The molecule has 134 valence electrons. The largest absolute Gasteiger partial charge is 0.489 e. The third-order valence-corrected chi connectivity index (χ3v) is 4.25. The summed E-state index contributed by atoms with van der Waals surface area (Å²) in [7, 11) is 0. The molecule has 24 heavy (non-hydrogen) atoms. The number of aliphatic hydroxyl groups is 1. The van der Waals surface area contributed by atoms with Crippen LogP contribution in [0.3, 0.4) is 0 Å². The predicted octanol–water partition coefficient (Wildman–Crippen LogP) is 2.33. The van der Waals surface area contributed by atoms with E-state index in [4.69, 9.17) is 4.74 Å². The molecule has 1 amide bonds. The second-order valence-electron chi connectivity index (χ2n) is 6.63. The Morgan fingerprint density at radius 2 is 2.25 bits per heavy atom. The number of ether oxygens (including phenoxy) is 1. The van der Waals surface area contributed by atoms with Crippen molar-refractivity contribution >= 4 is 5.91 Å². The lowest BCUT2D eigenvalue weighted by molar-refractivity contribution is -0.121. The molecule has 0 bridgehead atoms. The van der Waals surface area contributed by atoms with Gasteiger partial charge < -0.3 is 15.2 Å². The predicted molar refractivity (Wildman–Crippen MR) is 95.0 cm³/mol. The third kappa shape index (κ3) is 6.13. The number of amides is 1. The van der Waals surface area contributed by atoms with Crippen LogP contribution in [0, 0.1) is 0 Å². The lowest BCUT2D eigenvalue weighted by atomic mass is 10.1. The number of hydrogen-bond acceptors (Lipinski definition) is 4. The summed E-state index contributed by atoms with van der Waals surface area (Å²) >= 11 is 0. The Hall–Kier alpha value is -1.59. The van der Waals surface area contributed by atoms with Gasteiger partial charge in [-0.1, -0.05) is 31.5 Å². The van der Waals surface area contributed by atoms with Crippen LogP contribution in [-0.4, -0.2) is 47.8 Å². The van der Waals surface area contributed by atoms with Gasteiger partial charge in [0, 0.05) is 38.2 Å². The van der Waals surface area contributed by atoms with Crippen LogP contribution in [0.1, 0.15) is 45.1 Å². The van der Waals surface area contributed by atoms with Gasteiger partial charge in [0.25, 0.3) is 0 Å². The van der Waals surface area contributed by atoms with Gasteiger partial charge in [-0.3, -0.25) is 9.69 Å². The highest BCUT2D eigenvalue weighted by molar-refractivity contribution is 5.76. The zero-order valence-electron chi connectivity index (χ0n) is 14.8. The zero-order chi connectivity index (χ0) is 17.4. The molecular weight excluding hydrogens is 304 g/mol. The Bertz CT molecular complexity index is 519. The van der Waals surface area contributed by atoms with E-state index in [1.807, 2.05) is 18.2 Å². The van der Waals surface area contributed by atoms with Crippen LogP contribution < -0.4 is 10.1 Å². The van der Waals surface area contributed by atoms with E-state index in [0.29, 0.717) is 19.5 Å². The highest BCUT2D eigenvalue weighted by Crippen LogP contribution is 2.26. The molecule has 2 N–H and O–H groups in total. The lowest BCUT2D eigenvalue weighted by Gasteiger charge is -2.23. The van der Waals surface area contributed by atoms with Crippen LogP contribution in [0.5, 0.6) is 5.75 Å². The maximum absolute atomic E-state index is 11.9. The fourth-order valence-electron chi connectivity index (χ4n) is 2.92. The number of para-hydroxylation sites is 1.